The van der Waals surface area contributed by atoms with Gasteiger partial charge in [0.25, 0.3) is 0 Å². The van der Waals surface area contributed by atoms with E-state index in [1.165, 1.54) is 40.0 Å². The van der Waals surface area contributed by atoms with Crippen molar-refractivity contribution in [2.75, 3.05) is 7.11 Å². The summed E-state index contributed by atoms with van der Waals surface area (Å²) in [7, 11) is 1.44. The number of Topliss-reactive ketones (excluding diaryl/α,β-unsaturated/α-hetero) is 3. The van der Waals surface area contributed by atoms with Crippen LogP contribution < -0.4 is 10.1 Å². The van der Waals surface area contributed by atoms with E-state index >= 15 is 0 Å². The number of carbonyl (C=O) groups excluding carboxylic acids is 5. The average Bonchev–Trinajstić information content (AvgIpc) is 2.96. The summed E-state index contributed by atoms with van der Waals surface area (Å²) in [6, 6.07) is 11.9. The van der Waals surface area contributed by atoms with Crippen molar-refractivity contribution in [1.29, 1.82) is 0 Å². The fourth-order valence-corrected chi connectivity index (χ4v) is 4.80. The first-order valence-corrected chi connectivity index (χ1v) is 15.2. The number of aryl methyl sites for hydroxylation is 1. The zero-order chi connectivity index (χ0) is 34.8. The Labute approximate surface area is 268 Å². The van der Waals surface area contributed by atoms with Crippen molar-refractivity contribution in [1.82, 2.24) is 5.32 Å². The quantitative estimate of drug-likeness (QED) is 0.212. The van der Waals surface area contributed by atoms with Crippen LogP contribution in [0.25, 0.3) is 0 Å². The smallest absolute Gasteiger partial charge is 0.450 e. The zero-order valence-electron chi connectivity index (χ0n) is 27.5. The SMILES string of the molecule is COc1ccc([C@H](NC(=O)[C@H](C)CC(=O)Cc2ccc(CCC(=O)OC(C)(C)C)cc2)C(=O)C[C@H](C(=O)C(F)(F)F)C(C)C)cc1. The highest BCUT2D eigenvalue weighted by Gasteiger charge is 2.45. The third-order valence-corrected chi connectivity index (χ3v) is 7.34. The van der Waals surface area contributed by atoms with Crippen molar-refractivity contribution >= 4 is 29.2 Å². The molecule has 0 saturated heterocycles. The normalized spacial score (nSPS) is 13.8. The highest BCUT2D eigenvalue weighted by Crippen LogP contribution is 2.30. The molecule has 0 heterocycles. The summed E-state index contributed by atoms with van der Waals surface area (Å²) >= 11 is 0. The molecule has 46 heavy (non-hydrogen) atoms. The van der Waals surface area contributed by atoms with Crippen LogP contribution in [0.5, 0.6) is 5.75 Å². The number of methoxy groups -OCH3 is 1. The highest BCUT2D eigenvalue weighted by atomic mass is 19.4. The van der Waals surface area contributed by atoms with Gasteiger partial charge in [-0.3, -0.25) is 24.0 Å². The largest absolute Gasteiger partial charge is 0.497 e. The lowest BCUT2D eigenvalue weighted by Gasteiger charge is -2.25. The molecule has 0 aliphatic rings. The number of rotatable bonds is 16. The zero-order valence-corrected chi connectivity index (χ0v) is 27.5. The maximum atomic E-state index is 13.4. The van der Waals surface area contributed by atoms with E-state index in [2.05, 4.69) is 5.32 Å². The van der Waals surface area contributed by atoms with Crippen molar-refractivity contribution in [2.45, 2.75) is 91.5 Å². The van der Waals surface area contributed by atoms with Crippen LogP contribution in [-0.2, 0) is 41.6 Å². The number of hydrogen-bond acceptors (Lipinski definition) is 7. The number of hydrogen-bond donors (Lipinski definition) is 1. The number of ketones is 3. The summed E-state index contributed by atoms with van der Waals surface area (Å²) in [4.78, 5) is 63.5. The summed E-state index contributed by atoms with van der Waals surface area (Å²) in [5.74, 6) is -6.71. The van der Waals surface area contributed by atoms with Crippen LogP contribution in [0.15, 0.2) is 48.5 Å². The van der Waals surface area contributed by atoms with Crippen LogP contribution in [0, 0.1) is 17.8 Å². The first kappa shape index (κ1) is 38.2. The maximum absolute atomic E-state index is 13.4. The monoisotopic (exact) mass is 647 g/mol. The van der Waals surface area contributed by atoms with Gasteiger partial charge in [0.2, 0.25) is 11.7 Å². The molecule has 0 unspecified atom stereocenters. The average molecular weight is 648 g/mol. The molecule has 0 radical (unpaired) electrons. The second kappa shape index (κ2) is 16.5. The number of carbonyl (C=O) groups is 5. The lowest BCUT2D eigenvalue weighted by Crippen LogP contribution is -2.40. The maximum Gasteiger partial charge on any atom is 0.450 e. The van der Waals surface area contributed by atoms with Gasteiger partial charge in [-0.05, 0) is 61.9 Å². The third-order valence-electron chi connectivity index (χ3n) is 7.34. The highest BCUT2D eigenvalue weighted by molar-refractivity contribution is 5.96. The fourth-order valence-electron chi connectivity index (χ4n) is 4.80. The van der Waals surface area contributed by atoms with Crippen molar-refractivity contribution in [3.8, 4) is 5.75 Å². The molecule has 3 atom stereocenters. The second-order valence-electron chi connectivity index (χ2n) is 12.8. The van der Waals surface area contributed by atoms with Gasteiger partial charge in [-0.15, -0.1) is 0 Å². The van der Waals surface area contributed by atoms with Crippen LogP contribution in [0.2, 0.25) is 0 Å². The minimum Gasteiger partial charge on any atom is -0.497 e. The first-order valence-electron chi connectivity index (χ1n) is 15.2. The molecule has 0 spiro atoms. The molecule has 0 fully saturated rings. The molecule has 1 amide bonds. The van der Waals surface area contributed by atoms with Crippen molar-refractivity contribution in [2.24, 2.45) is 17.8 Å². The standard InChI is InChI=1S/C35H44F3NO7/c1-21(2)28(32(43)35(36,37)38)20-29(41)31(25-13-15-27(45-7)16-14-25)39-33(44)22(3)18-26(40)19-24-10-8-23(9-11-24)12-17-30(42)46-34(4,5)6/h8-11,13-16,21-22,28,31H,12,17-20H2,1-7H3,(H,39,44)/t22-,28+,31+/m1/s1. The van der Waals surface area contributed by atoms with Gasteiger partial charge in [0.15, 0.2) is 5.78 Å². The number of benzene rings is 2. The molecule has 0 aliphatic carbocycles. The van der Waals surface area contributed by atoms with Gasteiger partial charge < -0.3 is 14.8 Å². The summed E-state index contributed by atoms with van der Waals surface area (Å²) in [6.07, 6.45) is -5.22. The molecular weight excluding hydrogens is 603 g/mol. The molecule has 0 aromatic heterocycles. The van der Waals surface area contributed by atoms with Gasteiger partial charge in [0.1, 0.15) is 23.2 Å². The number of alkyl halides is 3. The molecule has 0 saturated carbocycles. The minimum atomic E-state index is -5.11. The molecule has 2 aromatic carbocycles. The van der Waals surface area contributed by atoms with E-state index in [-0.39, 0.29) is 31.0 Å². The summed E-state index contributed by atoms with van der Waals surface area (Å²) in [5, 5.41) is 2.59. The van der Waals surface area contributed by atoms with Crippen LogP contribution in [0.1, 0.15) is 83.5 Å². The van der Waals surface area contributed by atoms with Crippen LogP contribution in [-0.4, -0.2) is 48.1 Å². The molecule has 11 heteroatoms. The van der Waals surface area contributed by atoms with E-state index in [0.29, 0.717) is 17.7 Å². The first-order chi connectivity index (χ1) is 21.3. The van der Waals surface area contributed by atoms with Gasteiger partial charge in [-0.1, -0.05) is 57.2 Å². The van der Waals surface area contributed by atoms with E-state index in [1.807, 2.05) is 12.1 Å². The van der Waals surface area contributed by atoms with Crippen molar-refractivity contribution in [3.63, 3.8) is 0 Å². The Balaban J connectivity index is 2.08. The summed E-state index contributed by atoms with van der Waals surface area (Å²) in [6.45, 7) is 9.77. The predicted octanol–water partition coefficient (Wildman–Crippen LogP) is 6.33. The lowest BCUT2D eigenvalue weighted by atomic mass is 9.84. The number of esters is 1. The Morgan fingerprint density at radius 1 is 0.826 bits per heavy atom. The Kier molecular flexibility index (Phi) is 13.7. The molecule has 1 N–H and O–H groups in total. The second-order valence-corrected chi connectivity index (χ2v) is 12.8. The van der Waals surface area contributed by atoms with Gasteiger partial charge in [0, 0.05) is 37.5 Å². The number of ether oxygens (including phenoxy) is 2. The summed E-state index contributed by atoms with van der Waals surface area (Å²) < 4.78 is 50.2. The number of amides is 1. The third kappa shape index (κ3) is 12.4. The summed E-state index contributed by atoms with van der Waals surface area (Å²) in [5.41, 5.74) is 1.36. The van der Waals surface area contributed by atoms with E-state index in [0.717, 1.165) is 11.1 Å². The van der Waals surface area contributed by atoms with Crippen molar-refractivity contribution < 1.29 is 46.6 Å². The topological polar surface area (TPSA) is 116 Å². The van der Waals surface area contributed by atoms with Gasteiger partial charge in [-0.25, -0.2) is 0 Å². The molecule has 0 bridgehead atoms. The molecular formula is C35H44F3NO7. The molecule has 8 nitrogen and oxygen atoms in total. The Bertz CT molecular complexity index is 1360. The van der Waals surface area contributed by atoms with Crippen LogP contribution in [0.4, 0.5) is 13.2 Å². The van der Waals surface area contributed by atoms with E-state index in [1.54, 1.807) is 45.0 Å². The van der Waals surface area contributed by atoms with E-state index in [4.69, 9.17) is 9.47 Å². The van der Waals surface area contributed by atoms with Crippen LogP contribution in [0.3, 0.4) is 0 Å². The fraction of sp³-hybridized carbons (Fsp3) is 0.514. The molecule has 252 valence electrons. The Morgan fingerprint density at radius 3 is 1.89 bits per heavy atom. The van der Waals surface area contributed by atoms with Gasteiger partial charge in [0.05, 0.1) is 7.11 Å². The van der Waals surface area contributed by atoms with Crippen LogP contribution >= 0.6 is 0 Å². The molecule has 0 aliphatic heterocycles. The molecule has 2 rings (SSSR count). The Morgan fingerprint density at radius 2 is 1.39 bits per heavy atom. The number of halogens is 3. The predicted molar refractivity (Wildman–Crippen MR) is 166 cm³/mol. The minimum absolute atomic E-state index is 0.0560. The lowest BCUT2D eigenvalue weighted by molar-refractivity contribution is -0.177. The van der Waals surface area contributed by atoms with E-state index < -0.39 is 59.5 Å². The van der Waals surface area contributed by atoms with Gasteiger partial charge >= 0.3 is 12.1 Å². The van der Waals surface area contributed by atoms with Gasteiger partial charge in [-0.2, -0.15) is 13.2 Å². The van der Waals surface area contributed by atoms with Crippen molar-refractivity contribution in [3.05, 3.63) is 65.2 Å². The molecule has 2 aromatic rings. The Hall–Kier alpha value is -4.02. The number of nitrogens with one attached hydrogen (secondary N) is 1. The van der Waals surface area contributed by atoms with E-state index in [9.17, 15) is 37.1 Å².